The number of hydrogen-bond donors (Lipinski definition) is 1. The number of carbonyl (C=O) groups excluding carboxylic acids is 1. The molecule has 1 aromatic heterocycles. The average Bonchev–Trinajstić information content (AvgIpc) is 2.88. The minimum absolute atomic E-state index is 0.144. The molecule has 4 rings (SSSR count). The lowest BCUT2D eigenvalue weighted by Crippen LogP contribution is -2.30. The zero-order valence-corrected chi connectivity index (χ0v) is 12.2. The average molecular weight is 291 g/mol. The summed E-state index contributed by atoms with van der Waals surface area (Å²) >= 11 is 0. The van der Waals surface area contributed by atoms with Crippen LogP contribution < -0.4 is 5.32 Å². The van der Waals surface area contributed by atoms with Gasteiger partial charge in [0.05, 0.1) is 18.3 Å². The highest BCUT2D eigenvalue weighted by atomic mass is 16.2. The van der Waals surface area contributed by atoms with Gasteiger partial charge in [0.2, 0.25) is 0 Å². The summed E-state index contributed by atoms with van der Waals surface area (Å²) < 4.78 is 0. The Morgan fingerprint density at radius 1 is 1.18 bits per heavy atom. The van der Waals surface area contributed by atoms with Crippen molar-refractivity contribution in [1.29, 1.82) is 0 Å². The van der Waals surface area contributed by atoms with Gasteiger partial charge in [0, 0.05) is 29.6 Å². The molecule has 110 valence electrons. The number of nitrogens with one attached hydrogen (secondary N) is 1. The first-order valence-corrected chi connectivity index (χ1v) is 7.57. The number of nitrogens with zero attached hydrogens (tertiary/aromatic N) is 2. The molecule has 1 N–H and O–H groups in total. The van der Waals surface area contributed by atoms with Crippen LogP contribution in [0.15, 0.2) is 54.7 Å². The van der Waals surface area contributed by atoms with E-state index in [0.717, 1.165) is 28.9 Å². The van der Waals surface area contributed by atoms with Crippen molar-refractivity contribution < 1.29 is 4.79 Å². The minimum Gasteiger partial charge on any atom is -0.379 e. The predicted molar refractivity (Wildman–Crippen MR) is 85.5 cm³/mol. The Morgan fingerprint density at radius 3 is 3.00 bits per heavy atom. The van der Waals surface area contributed by atoms with Gasteiger partial charge in [-0.1, -0.05) is 24.3 Å². The first-order valence-electron chi connectivity index (χ1n) is 7.57. The Morgan fingerprint density at radius 2 is 2.14 bits per heavy atom. The van der Waals surface area contributed by atoms with E-state index < -0.39 is 0 Å². The Hall–Kier alpha value is -2.62. The Balaban J connectivity index is 1.65. The summed E-state index contributed by atoms with van der Waals surface area (Å²) in [6.07, 6.45) is 6.92. The second kappa shape index (κ2) is 5.30. The van der Waals surface area contributed by atoms with Crippen molar-refractivity contribution in [3.8, 4) is 0 Å². The van der Waals surface area contributed by atoms with Crippen LogP contribution in [0.25, 0.3) is 0 Å². The van der Waals surface area contributed by atoms with Crippen molar-refractivity contribution in [2.24, 2.45) is 0 Å². The molecule has 2 aromatic rings. The van der Waals surface area contributed by atoms with Gasteiger partial charge in [0.25, 0.3) is 5.91 Å². The van der Waals surface area contributed by atoms with Gasteiger partial charge in [0.1, 0.15) is 0 Å². The summed E-state index contributed by atoms with van der Waals surface area (Å²) in [4.78, 5) is 18.8. The van der Waals surface area contributed by atoms with Gasteiger partial charge >= 0.3 is 0 Å². The molecule has 22 heavy (non-hydrogen) atoms. The zero-order chi connectivity index (χ0) is 14.9. The molecule has 0 spiro atoms. The second-order valence-corrected chi connectivity index (χ2v) is 5.62. The highest BCUT2D eigenvalue weighted by Crippen LogP contribution is 2.41. The number of rotatable bonds is 3. The maximum absolute atomic E-state index is 12.5. The molecule has 0 radical (unpaired) electrons. The number of aromatic nitrogens is 1. The molecule has 0 fully saturated rings. The number of carbonyl (C=O) groups is 1. The number of anilines is 1. The molecular weight excluding hydrogens is 274 g/mol. The topological polar surface area (TPSA) is 45.2 Å². The summed E-state index contributed by atoms with van der Waals surface area (Å²) in [6, 6.07) is 12.0. The van der Waals surface area contributed by atoms with E-state index in [-0.39, 0.29) is 11.9 Å². The van der Waals surface area contributed by atoms with Gasteiger partial charge in [-0.05, 0) is 30.7 Å². The van der Waals surface area contributed by atoms with E-state index in [1.807, 2.05) is 35.2 Å². The van der Waals surface area contributed by atoms with Crippen LogP contribution >= 0.6 is 0 Å². The van der Waals surface area contributed by atoms with Crippen LogP contribution in [0.2, 0.25) is 0 Å². The normalized spacial score (nSPS) is 19.0. The summed E-state index contributed by atoms with van der Waals surface area (Å²) in [5.74, 6) is 0.144. The lowest BCUT2D eigenvalue weighted by atomic mass is 9.98. The molecule has 1 unspecified atom stereocenters. The van der Waals surface area contributed by atoms with Gasteiger partial charge in [-0.2, -0.15) is 0 Å². The quantitative estimate of drug-likeness (QED) is 0.884. The third kappa shape index (κ3) is 2.08. The fraction of sp³-hybridized carbons (Fsp3) is 0.222. The predicted octanol–water partition coefficient (Wildman–Crippen LogP) is 3.15. The van der Waals surface area contributed by atoms with Crippen LogP contribution in [0.5, 0.6) is 0 Å². The molecule has 1 atom stereocenters. The Bertz CT molecular complexity index is 739. The fourth-order valence-electron chi connectivity index (χ4n) is 3.27. The second-order valence-electron chi connectivity index (χ2n) is 5.62. The van der Waals surface area contributed by atoms with Gasteiger partial charge < -0.3 is 10.2 Å². The molecule has 0 saturated heterocycles. The minimum atomic E-state index is 0.144. The lowest BCUT2D eigenvalue weighted by molar-refractivity contribution is 0.0741. The van der Waals surface area contributed by atoms with Crippen LogP contribution in [0.3, 0.4) is 0 Å². The molecule has 2 aliphatic heterocycles. The van der Waals surface area contributed by atoms with E-state index in [4.69, 9.17) is 0 Å². The molecule has 0 bridgehead atoms. The van der Waals surface area contributed by atoms with E-state index in [1.54, 1.807) is 6.20 Å². The molecule has 4 nitrogen and oxygen atoms in total. The van der Waals surface area contributed by atoms with Crippen molar-refractivity contribution in [3.05, 3.63) is 71.6 Å². The molecule has 3 heterocycles. The van der Waals surface area contributed by atoms with Crippen molar-refractivity contribution in [2.45, 2.75) is 19.0 Å². The molecule has 2 aliphatic rings. The van der Waals surface area contributed by atoms with Crippen LogP contribution in [0.4, 0.5) is 5.69 Å². The lowest BCUT2D eigenvalue weighted by Gasteiger charge is -2.27. The third-order valence-electron chi connectivity index (χ3n) is 4.32. The molecule has 1 aromatic carbocycles. The number of pyridine rings is 1. The van der Waals surface area contributed by atoms with Gasteiger partial charge in [0.15, 0.2) is 0 Å². The number of benzene rings is 1. The maximum atomic E-state index is 12.5. The summed E-state index contributed by atoms with van der Waals surface area (Å²) in [5, 5.41) is 3.45. The summed E-state index contributed by atoms with van der Waals surface area (Å²) in [6.45, 7) is 1.37. The highest BCUT2D eigenvalue weighted by Gasteiger charge is 2.38. The van der Waals surface area contributed by atoms with E-state index >= 15 is 0 Å². The Kier molecular flexibility index (Phi) is 3.15. The van der Waals surface area contributed by atoms with Gasteiger partial charge in [-0.25, -0.2) is 0 Å². The Labute approximate surface area is 129 Å². The SMILES string of the molecule is O=C1c2cccc(NCc3ccccn3)c2C2CC=CCN12. The standard InChI is InChI=1S/C18H17N3O/c22-18-14-7-5-8-15(20-12-13-6-1-3-10-19-13)17(14)16-9-2-4-11-21(16)18/h1-8,10,16,20H,9,11-12H2. The molecule has 4 heteroatoms. The number of hydrogen-bond acceptors (Lipinski definition) is 3. The molecule has 1 amide bonds. The highest BCUT2D eigenvalue weighted by molar-refractivity contribution is 6.01. The van der Waals surface area contributed by atoms with Gasteiger partial charge in [-0.15, -0.1) is 0 Å². The first kappa shape index (κ1) is 13.1. The van der Waals surface area contributed by atoms with E-state index in [1.165, 1.54) is 0 Å². The van der Waals surface area contributed by atoms with Crippen molar-refractivity contribution in [3.63, 3.8) is 0 Å². The monoisotopic (exact) mass is 291 g/mol. The summed E-state index contributed by atoms with van der Waals surface area (Å²) in [5.41, 5.74) is 4.00. The smallest absolute Gasteiger partial charge is 0.255 e. The van der Waals surface area contributed by atoms with Crippen LogP contribution in [-0.4, -0.2) is 22.3 Å². The first-order chi connectivity index (χ1) is 10.8. The third-order valence-corrected chi connectivity index (χ3v) is 4.32. The van der Waals surface area contributed by atoms with Crippen molar-refractivity contribution >= 4 is 11.6 Å². The number of fused-ring (bicyclic) bond motifs is 3. The molecule has 0 aliphatic carbocycles. The van der Waals surface area contributed by atoms with Gasteiger partial charge in [-0.3, -0.25) is 9.78 Å². The zero-order valence-electron chi connectivity index (χ0n) is 12.2. The van der Waals surface area contributed by atoms with E-state index in [0.29, 0.717) is 13.1 Å². The van der Waals surface area contributed by atoms with Crippen LogP contribution in [0, 0.1) is 0 Å². The molecule has 0 saturated carbocycles. The van der Waals surface area contributed by atoms with E-state index in [9.17, 15) is 4.79 Å². The van der Waals surface area contributed by atoms with Crippen molar-refractivity contribution in [1.82, 2.24) is 9.88 Å². The maximum Gasteiger partial charge on any atom is 0.255 e. The fourth-order valence-corrected chi connectivity index (χ4v) is 3.27. The van der Waals surface area contributed by atoms with Crippen LogP contribution in [-0.2, 0) is 6.54 Å². The summed E-state index contributed by atoms with van der Waals surface area (Å²) in [7, 11) is 0. The molecular formula is C18H17N3O. The largest absolute Gasteiger partial charge is 0.379 e. The van der Waals surface area contributed by atoms with E-state index in [2.05, 4.69) is 28.5 Å². The van der Waals surface area contributed by atoms with Crippen LogP contribution in [0.1, 0.15) is 34.1 Å². The number of amides is 1. The van der Waals surface area contributed by atoms with Crippen molar-refractivity contribution in [2.75, 3.05) is 11.9 Å².